The van der Waals surface area contributed by atoms with Crippen molar-refractivity contribution < 1.29 is 4.74 Å². The van der Waals surface area contributed by atoms with Gasteiger partial charge in [-0.05, 0) is 63.0 Å². The molecule has 1 aliphatic rings. The SMILES string of the molecule is CC[C@H](C)NC(=S)N(CCCN1CCOCC1)Cc1cc2c(C)ccc(C)c2[nH]c1=O. The van der Waals surface area contributed by atoms with Gasteiger partial charge in [0.05, 0.1) is 25.3 Å². The first-order chi connectivity index (χ1) is 14.9. The third kappa shape index (κ3) is 6.28. The maximum absolute atomic E-state index is 12.9. The number of morpholine rings is 1. The Labute approximate surface area is 191 Å². The van der Waals surface area contributed by atoms with Crippen LogP contribution in [0.15, 0.2) is 23.0 Å². The second-order valence-corrected chi connectivity index (χ2v) is 8.99. The van der Waals surface area contributed by atoms with Gasteiger partial charge in [0, 0.05) is 43.2 Å². The molecule has 1 aromatic heterocycles. The Kier molecular flexibility index (Phi) is 8.46. The van der Waals surface area contributed by atoms with Crippen LogP contribution in [0.2, 0.25) is 0 Å². The highest BCUT2D eigenvalue weighted by Gasteiger charge is 2.17. The van der Waals surface area contributed by atoms with Crippen LogP contribution in [-0.4, -0.2) is 65.3 Å². The molecular weight excluding hydrogens is 408 g/mol. The first kappa shape index (κ1) is 23.7. The Morgan fingerprint density at radius 1 is 1.29 bits per heavy atom. The molecule has 7 heteroatoms. The van der Waals surface area contributed by atoms with Crippen molar-refractivity contribution in [2.75, 3.05) is 39.4 Å². The smallest absolute Gasteiger partial charge is 0.253 e. The van der Waals surface area contributed by atoms with Crippen molar-refractivity contribution in [3.8, 4) is 0 Å². The average molecular weight is 445 g/mol. The Bertz CT molecular complexity index is 952. The minimum atomic E-state index is -0.0364. The number of pyridine rings is 1. The molecule has 2 N–H and O–H groups in total. The molecule has 0 bridgehead atoms. The fourth-order valence-corrected chi connectivity index (χ4v) is 4.26. The molecule has 1 saturated heterocycles. The van der Waals surface area contributed by atoms with Crippen LogP contribution in [0.3, 0.4) is 0 Å². The highest BCUT2D eigenvalue weighted by atomic mass is 32.1. The van der Waals surface area contributed by atoms with E-state index in [1.807, 2.05) is 13.0 Å². The summed E-state index contributed by atoms with van der Waals surface area (Å²) in [6.07, 6.45) is 1.99. The van der Waals surface area contributed by atoms with Crippen LogP contribution in [0.1, 0.15) is 43.4 Å². The van der Waals surface area contributed by atoms with Crippen LogP contribution >= 0.6 is 12.2 Å². The number of hydrogen-bond acceptors (Lipinski definition) is 4. The van der Waals surface area contributed by atoms with Gasteiger partial charge in [0.1, 0.15) is 0 Å². The number of aromatic nitrogens is 1. The zero-order valence-corrected chi connectivity index (χ0v) is 20.1. The number of thiocarbonyl (C=S) groups is 1. The summed E-state index contributed by atoms with van der Waals surface area (Å²) in [5, 5.41) is 5.25. The van der Waals surface area contributed by atoms with Crippen LogP contribution in [0.4, 0.5) is 0 Å². The molecule has 31 heavy (non-hydrogen) atoms. The molecule has 0 radical (unpaired) electrons. The molecule has 0 aliphatic carbocycles. The number of aromatic amines is 1. The van der Waals surface area contributed by atoms with Crippen molar-refractivity contribution in [1.29, 1.82) is 0 Å². The van der Waals surface area contributed by atoms with E-state index in [9.17, 15) is 4.79 Å². The number of aryl methyl sites for hydroxylation is 2. The lowest BCUT2D eigenvalue weighted by Crippen LogP contribution is -2.45. The standard InChI is InChI=1S/C24H36N4O2S/c1-5-19(4)25-24(31)28(10-6-9-27-11-13-30-14-12-27)16-20-15-21-17(2)7-8-18(3)22(21)26-23(20)29/h7-8,15,19H,5-6,9-14,16H2,1-4H3,(H,25,31)(H,26,29)/t19-/m0/s1. The molecule has 2 aromatic rings. The topological polar surface area (TPSA) is 60.6 Å². The number of fused-ring (bicyclic) bond motifs is 1. The lowest BCUT2D eigenvalue weighted by molar-refractivity contribution is 0.0367. The summed E-state index contributed by atoms with van der Waals surface area (Å²) in [7, 11) is 0. The Morgan fingerprint density at radius 3 is 2.71 bits per heavy atom. The monoisotopic (exact) mass is 444 g/mol. The summed E-state index contributed by atoms with van der Waals surface area (Å²) in [5.74, 6) is 0. The second kappa shape index (κ2) is 11.1. The van der Waals surface area contributed by atoms with Crippen molar-refractivity contribution in [3.63, 3.8) is 0 Å². The fourth-order valence-electron chi connectivity index (χ4n) is 3.91. The van der Waals surface area contributed by atoms with E-state index in [1.165, 1.54) is 0 Å². The van der Waals surface area contributed by atoms with Crippen molar-refractivity contribution >= 4 is 28.2 Å². The van der Waals surface area contributed by atoms with Crippen LogP contribution in [0, 0.1) is 13.8 Å². The molecule has 1 atom stereocenters. The van der Waals surface area contributed by atoms with E-state index in [0.717, 1.165) is 84.9 Å². The Morgan fingerprint density at radius 2 is 2.00 bits per heavy atom. The number of nitrogens with one attached hydrogen (secondary N) is 2. The number of nitrogens with zero attached hydrogens (tertiary/aromatic N) is 2. The van der Waals surface area contributed by atoms with Gasteiger partial charge < -0.3 is 19.9 Å². The van der Waals surface area contributed by atoms with Crippen LogP contribution in [0.5, 0.6) is 0 Å². The zero-order chi connectivity index (χ0) is 22.4. The van der Waals surface area contributed by atoms with Crippen molar-refractivity contribution in [1.82, 2.24) is 20.1 Å². The van der Waals surface area contributed by atoms with Crippen molar-refractivity contribution in [3.05, 3.63) is 45.2 Å². The van der Waals surface area contributed by atoms with Gasteiger partial charge in [-0.1, -0.05) is 19.1 Å². The quantitative estimate of drug-likeness (QED) is 0.609. The summed E-state index contributed by atoms with van der Waals surface area (Å²) >= 11 is 5.74. The number of benzene rings is 1. The van der Waals surface area contributed by atoms with Gasteiger partial charge >= 0.3 is 0 Å². The average Bonchev–Trinajstić information content (AvgIpc) is 2.77. The van der Waals surface area contributed by atoms with Crippen LogP contribution in [0.25, 0.3) is 10.9 Å². The number of rotatable bonds is 8. The maximum atomic E-state index is 12.9. The molecular formula is C24H36N4O2S. The normalized spacial score (nSPS) is 15.7. The second-order valence-electron chi connectivity index (χ2n) is 8.60. The van der Waals surface area contributed by atoms with Gasteiger partial charge in [0.2, 0.25) is 0 Å². The van der Waals surface area contributed by atoms with Gasteiger partial charge in [-0.25, -0.2) is 0 Å². The molecule has 1 aromatic carbocycles. The Balaban J connectivity index is 1.78. The lowest BCUT2D eigenvalue weighted by atomic mass is 10.0. The maximum Gasteiger partial charge on any atom is 0.253 e. The summed E-state index contributed by atoms with van der Waals surface area (Å²) in [4.78, 5) is 20.6. The third-order valence-corrected chi connectivity index (χ3v) is 6.53. The van der Waals surface area contributed by atoms with Gasteiger partial charge in [-0.2, -0.15) is 0 Å². The first-order valence-corrected chi connectivity index (χ1v) is 11.8. The van der Waals surface area contributed by atoms with Gasteiger partial charge in [0.15, 0.2) is 5.11 Å². The predicted octanol–water partition coefficient (Wildman–Crippen LogP) is 3.34. The van der Waals surface area contributed by atoms with E-state index >= 15 is 0 Å². The van der Waals surface area contributed by atoms with Gasteiger partial charge in [0.25, 0.3) is 5.56 Å². The third-order valence-electron chi connectivity index (χ3n) is 6.16. The molecule has 1 aliphatic heterocycles. The van der Waals surface area contributed by atoms with Gasteiger partial charge in [-0.3, -0.25) is 9.69 Å². The molecule has 6 nitrogen and oxygen atoms in total. The van der Waals surface area contributed by atoms with E-state index in [2.05, 4.69) is 53.0 Å². The molecule has 2 heterocycles. The molecule has 0 unspecified atom stereocenters. The zero-order valence-electron chi connectivity index (χ0n) is 19.3. The van der Waals surface area contributed by atoms with E-state index in [4.69, 9.17) is 17.0 Å². The molecule has 0 saturated carbocycles. The van der Waals surface area contributed by atoms with Crippen LogP contribution < -0.4 is 10.9 Å². The largest absolute Gasteiger partial charge is 0.379 e. The number of hydrogen-bond donors (Lipinski definition) is 2. The summed E-state index contributed by atoms with van der Waals surface area (Å²) in [6, 6.07) is 6.50. The van der Waals surface area contributed by atoms with Crippen molar-refractivity contribution in [2.45, 2.75) is 53.1 Å². The predicted molar refractivity (Wildman–Crippen MR) is 132 cm³/mol. The van der Waals surface area contributed by atoms with E-state index in [0.29, 0.717) is 12.6 Å². The molecule has 1 fully saturated rings. The number of H-pyrrole nitrogens is 1. The first-order valence-electron chi connectivity index (χ1n) is 11.4. The molecule has 170 valence electrons. The Hall–Kier alpha value is -1.96. The molecule has 0 amide bonds. The summed E-state index contributed by atoms with van der Waals surface area (Å²) < 4.78 is 5.45. The van der Waals surface area contributed by atoms with E-state index in [1.54, 1.807) is 0 Å². The fraction of sp³-hybridized carbons (Fsp3) is 0.583. The van der Waals surface area contributed by atoms with E-state index in [-0.39, 0.29) is 5.56 Å². The molecule has 3 rings (SSSR count). The van der Waals surface area contributed by atoms with Gasteiger partial charge in [-0.15, -0.1) is 0 Å². The lowest BCUT2D eigenvalue weighted by Gasteiger charge is -2.30. The number of ether oxygens (including phenoxy) is 1. The molecule has 0 spiro atoms. The van der Waals surface area contributed by atoms with E-state index < -0.39 is 0 Å². The minimum absolute atomic E-state index is 0.0364. The summed E-state index contributed by atoms with van der Waals surface area (Å²) in [5.41, 5.74) is 3.89. The minimum Gasteiger partial charge on any atom is -0.379 e. The summed E-state index contributed by atoms with van der Waals surface area (Å²) in [6.45, 7) is 14.3. The highest BCUT2D eigenvalue weighted by Crippen LogP contribution is 2.20. The van der Waals surface area contributed by atoms with Crippen LogP contribution in [-0.2, 0) is 11.3 Å². The van der Waals surface area contributed by atoms with Crippen molar-refractivity contribution in [2.24, 2.45) is 0 Å². The highest BCUT2D eigenvalue weighted by molar-refractivity contribution is 7.80.